The maximum atomic E-state index is 12.3. The van der Waals surface area contributed by atoms with Crippen molar-refractivity contribution in [2.75, 3.05) is 19.7 Å². The van der Waals surface area contributed by atoms with Gasteiger partial charge in [0.25, 0.3) is 0 Å². The molecule has 0 bridgehead atoms. The van der Waals surface area contributed by atoms with Gasteiger partial charge in [0.2, 0.25) is 5.91 Å². The van der Waals surface area contributed by atoms with Crippen molar-refractivity contribution in [3.8, 4) is 0 Å². The molecule has 0 spiro atoms. The Morgan fingerprint density at radius 1 is 0.773 bits per heavy atom. The SMILES string of the molecule is CCCCCCC(=O)N(CCCC)CCC(=O)OCCCC. The molecule has 0 saturated carbocycles. The molecule has 0 heterocycles. The fourth-order valence-corrected chi connectivity index (χ4v) is 2.20. The van der Waals surface area contributed by atoms with E-state index in [0.29, 0.717) is 26.0 Å². The van der Waals surface area contributed by atoms with Gasteiger partial charge in [-0.05, 0) is 19.3 Å². The lowest BCUT2D eigenvalue weighted by Crippen LogP contribution is -2.34. The van der Waals surface area contributed by atoms with Gasteiger partial charge in [-0.2, -0.15) is 0 Å². The highest BCUT2D eigenvalue weighted by atomic mass is 16.5. The predicted molar refractivity (Wildman–Crippen MR) is 90.7 cm³/mol. The van der Waals surface area contributed by atoms with Crippen LogP contribution in [0.25, 0.3) is 0 Å². The second-order valence-electron chi connectivity index (χ2n) is 5.87. The number of ether oxygens (including phenoxy) is 1. The van der Waals surface area contributed by atoms with Crippen LogP contribution in [0.15, 0.2) is 0 Å². The maximum absolute atomic E-state index is 12.3. The van der Waals surface area contributed by atoms with E-state index < -0.39 is 0 Å². The average molecular weight is 313 g/mol. The lowest BCUT2D eigenvalue weighted by atomic mass is 10.1. The van der Waals surface area contributed by atoms with Gasteiger partial charge in [-0.15, -0.1) is 0 Å². The molecule has 0 unspecified atom stereocenters. The molecule has 4 heteroatoms. The lowest BCUT2D eigenvalue weighted by molar-refractivity contribution is -0.144. The first-order valence-electron chi connectivity index (χ1n) is 9.09. The first kappa shape index (κ1) is 20.9. The van der Waals surface area contributed by atoms with Crippen molar-refractivity contribution in [2.24, 2.45) is 0 Å². The summed E-state index contributed by atoms with van der Waals surface area (Å²) in [6.07, 6.45) is 9.32. The molecule has 0 saturated heterocycles. The third-order valence-corrected chi connectivity index (χ3v) is 3.73. The molecule has 0 aliphatic carbocycles. The molecule has 0 aromatic rings. The Morgan fingerprint density at radius 3 is 2.09 bits per heavy atom. The van der Waals surface area contributed by atoms with Crippen LogP contribution < -0.4 is 0 Å². The molecule has 1 amide bonds. The largest absolute Gasteiger partial charge is 0.466 e. The van der Waals surface area contributed by atoms with Gasteiger partial charge < -0.3 is 9.64 Å². The van der Waals surface area contributed by atoms with E-state index in [1.54, 1.807) is 0 Å². The smallest absolute Gasteiger partial charge is 0.307 e. The zero-order valence-electron chi connectivity index (χ0n) is 14.9. The van der Waals surface area contributed by atoms with Gasteiger partial charge in [-0.25, -0.2) is 0 Å². The minimum atomic E-state index is -0.186. The Labute approximate surface area is 136 Å². The Morgan fingerprint density at radius 2 is 1.45 bits per heavy atom. The average Bonchev–Trinajstić information content (AvgIpc) is 2.51. The molecule has 0 aromatic carbocycles. The van der Waals surface area contributed by atoms with Gasteiger partial charge in [0.1, 0.15) is 0 Å². The number of carbonyl (C=O) groups excluding carboxylic acids is 2. The summed E-state index contributed by atoms with van der Waals surface area (Å²) in [4.78, 5) is 25.8. The normalized spacial score (nSPS) is 10.5. The van der Waals surface area contributed by atoms with E-state index in [2.05, 4.69) is 20.8 Å². The van der Waals surface area contributed by atoms with Crippen molar-refractivity contribution in [3.63, 3.8) is 0 Å². The minimum Gasteiger partial charge on any atom is -0.466 e. The van der Waals surface area contributed by atoms with Crippen LogP contribution in [0.3, 0.4) is 0 Å². The number of hydrogen-bond acceptors (Lipinski definition) is 3. The first-order chi connectivity index (χ1) is 10.7. The van der Waals surface area contributed by atoms with Crippen LogP contribution in [0.2, 0.25) is 0 Å². The summed E-state index contributed by atoms with van der Waals surface area (Å²) in [7, 11) is 0. The van der Waals surface area contributed by atoms with Gasteiger partial charge in [0, 0.05) is 19.5 Å². The van der Waals surface area contributed by atoms with Crippen LogP contribution in [0.4, 0.5) is 0 Å². The summed E-state index contributed by atoms with van der Waals surface area (Å²) in [5, 5.41) is 0. The van der Waals surface area contributed by atoms with Gasteiger partial charge in [0.05, 0.1) is 13.0 Å². The summed E-state index contributed by atoms with van der Waals surface area (Å²) in [5.74, 6) is -0.000331. The molecule has 22 heavy (non-hydrogen) atoms. The van der Waals surface area contributed by atoms with Crippen molar-refractivity contribution in [1.82, 2.24) is 4.90 Å². The quantitative estimate of drug-likeness (QED) is 0.354. The van der Waals surface area contributed by atoms with Crippen molar-refractivity contribution < 1.29 is 14.3 Å². The fraction of sp³-hybridized carbons (Fsp3) is 0.889. The molecule has 0 atom stereocenters. The second kappa shape index (κ2) is 14.9. The molecular formula is C18H35NO3. The van der Waals surface area contributed by atoms with Crippen LogP contribution in [0, 0.1) is 0 Å². The minimum absolute atomic E-state index is 0.186. The zero-order chi connectivity index (χ0) is 16.6. The summed E-state index contributed by atoms with van der Waals surface area (Å²) in [6.45, 7) is 8.10. The summed E-state index contributed by atoms with van der Waals surface area (Å²) in [5.41, 5.74) is 0. The number of rotatable bonds is 14. The molecular weight excluding hydrogens is 278 g/mol. The number of esters is 1. The Bertz CT molecular complexity index is 292. The van der Waals surface area contributed by atoms with E-state index in [-0.39, 0.29) is 11.9 Å². The monoisotopic (exact) mass is 313 g/mol. The summed E-state index contributed by atoms with van der Waals surface area (Å²) >= 11 is 0. The fourth-order valence-electron chi connectivity index (χ4n) is 2.20. The number of hydrogen-bond donors (Lipinski definition) is 0. The maximum Gasteiger partial charge on any atom is 0.307 e. The third-order valence-electron chi connectivity index (χ3n) is 3.73. The third kappa shape index (κ3) is 11.6. The summed E-state index contributed by atoms with van der Waals surface area (Å²) in [6, 6.07) is 0. The van der Waals surface area contributed by atoms with E-state index in [9.17, 15) is 9.59 Å². The Hall–Kier alpha value is -1.06. The highest BCUT2D eigenvalue weighted by Gasteiger charge is 2.14. The van der Waals surface area contributed by atoms with Gasteiger partial charge in [-0.1, -0.05) is 52.9 Å². The Balaban J connectivity index is 4.09. The molecule has 0 aromatic heterocycles. The van der Waals surface area contributed by atoms with Crippen molar-refractivity contribution in [1.29, 1.82) is 0 Å². The predicted octanol–water partition coefficient (Wildman–Crippen LogP) is 4.32. The van der Waals surface area contributed by atoms with E-state index in [4.69, 9.17) is 4.74 Å². The number of nitrogens with zero attached hydrogens (tertiary/aromatic N) is 1. The molecule has 0 rings (SSSR count). The van der Waals surface area contributed by atoms with Crippen LogP contribution in [-0.2, 0) is 14.3 Å². The second-order valence-corrected chi connectivity index (χ2v) is 5.87. The van der Waals surface area contributed by atoms with E-state index in [1.165, 1.54) is 12.8 Å². The van der Waals surface area contributed by atoms with Crippen LogP contribution in [0.1, 0.15) is 85.0 Å². The van der Waals surface area contributed by atoms with Crippen LogP contribution in [0.5, 0.6) is 0 Å². The van der Waals surface area contributed by atoms with E-state index >= 15 is 0 Å². The molecule has 4 nitrogen and oxygen atoms in total. The number of unbranched alkanes of at least 4 members (excludes halogenated alkanes) is 5. The highest BCUT2D eigenvalue weighted by molar-refractivity contribution is 5.77. The molecule has 0 aliphatic heterocycles. The molecule has 0 radical (unpaired) electrons. The zero-order valence-corrected chi connectivity index (χ0v) is 14.9. The number of amides is 1. The number of carbonyl (C=O) groups is 2. The molecule has 130 valence electrons. The van der Waals surface area contributed by atoms with Gasteiger partial charge in [-0.3, -0.25) is 9.59 Å². The van der Waals surface area contributed by atoms with Crippen molar-refractivity contribution >= 4 is 11.9 Å². The molecule has 0 N–H and O–H groups in total. The van der Waals surface area contributed by atoms with Gasteiger partial charge >= 0.3 is 5.97 Å². The Kier molecular flexibility index (Phi) is 14.1. The topological polar surface area (TPSA) is 46.6 Å². The van der Waals surface area contributed by atoms with Crippen molar-refractivity contribution in [2.45, 2.75) is 85.0 Å². The van der Waals surface area contributed by atoms with Crippen LogP contribution >= 0.6 is 0 Å². The van der Waals surface area contributed by atoms with Crippen LogP contribution in [-0.4, -0.2) is 36.5 Å². The van der Waals surface area contributed by atoms with Crippen molar-refractivity contribution in [3.05, 3.63) is 0 Å². The van der Waals surface area contributed by atoms with E-state index in [1.807, 2.05) is 4.90 Å². The van der Waals surface area contributed by atoms with E-state index in [0.717, 1.165) is 45.1 Å². The molecule has 0 aliphatic rings. The lowest BCUT2D eigenvalue weighted by Gasteiger charge is -2.22. The molecule has 0 fully saturated rings. The first-order valence-corrected chi connectivity index (χ1v) is 9.09. The highest BCUT2D eigenvalue weighted by Crippen LogP contribution is 2.07. The summed E-state index contributed by atoms with van der Waals surface area (Å²) < 4.78 is 5.15. The standard InChI is InChI=1S/C18H35NO3/c1-4-7-10-11-12-17(20)19(14-8-5-2)15-13-18(21)22-16-9-6-3/h4-16H2,1-3H3. The van der Waals surface area contributed by atoms with Gasteiger partial charge in [0.15, 0.2) is 0 Å².